The largest absolute Gasteiger partial charge is 0.311 e. The summed E-state index contributed by atoms with van der Waals surface area (Å²) in [7, 11) is 2.24. The van der Waals surface area contributed by atoms with Crippen molar-refractivity contribution in [1.82, 2.24) is 10.2 Å². The van der Waals surface area contributed by atoms with Crippen LogP contribution in [0.15, 0.2) is 0 Å². The summed E-state index contributed by atoms with van der Waals surface area (Å²) >= 11 is 0. The Morgan fingerprint density at radius 3 is 1.82 bits per heavy atom. The highest BCUT2D eigenvalue weighted by molar-refractivity contribution is 4.85. The predicted octanol–water partition coefficient (Wildman–Crippen LogP) is 3.52. The lowest BCUT2D eigenvalue weighted by atomic mass is 9.81. The third-order valence-corrected chi connectivity index (χ3v) is 3.96. The van der Waals surface area contributed by atoms with Gasteiger partial charge in [-0.15, -0.1) is 0 Å². The van der Waals surface area contributed by atoms with Crippen LogP contribution >= 0.6 is 0 Å². The summed E-state index contributed by atoms with van der Waals surface area (Å²) in [6, 6.07) is 0.627. The standard InChI is InChI=1S/C15H34N2/c1-9-15(10-2,11-16-14(5,6)7)12-17(8)13(3)4/h13,16H,9-12H2,1-8H3. The maximum absolute atomic E-state index is 3.68. The SMILES string of the molecule is CCC(CC)(CNC(C)(C)C)CN(C)C(C)C. The Kier molecular flexibility index (Phi) is 6.71. The van der Waals surface area contributed by atoms with Crippen molar-refractivity contribution in [2.45, 2.75) is 72.9 Å². The van der Waals surface area contributed by atoms with Gasteiger partial charge in [-0.2, -0.15) is 0 Å². The van der Waals surface area contributed by atoms with E-state index < -0.39 is 0 Å². The molecule has 0 amide bonds. The lowest BCUT2D eigenvalue weighted by Gasteiger charge is -2.39. The van der Waals surface area contributed by atoms with Crippen molar-refractivity contribution >= 4 is 0 Å². The molecule has 0 atom stereocenters. The zero-order valence-electron chi connectivity index (χ0n) is 13.4. The number of nitrogens with zero attached hydrogens (tertiary/aromatic N) is 1. The van der Waals surface area contributed by atoms with Crippen LogP contribution in [0.1, 0.15) is 61.3 Å². The van der Waals surface area contributed by atoms with Crippen LogP contribution in [0.3, 0.4) is 0 Å². The van der Waals surface area contributed by atoms with Crippen LogP contribution in [0.4, 0.5) is 0 Å². The molecule has 0 saturated carbocycles. The van der Waals surface area contributed by atoms with Gasteiger partial charge < -0.3 is 10.2 Å². The Hall–Kier alpha value is -0.0800. The fourth-order valence-electron chi connectivity index (χ4n) is 1.94. The third-order valence-electron chi connectivity index (χ3n) is 3.96. The lowest BCUT2D eigenvalue weighted by Crippen LogP contribution is -2.48. The molecule has 1 N–H and O–H groups in total. The Morgan fingerprint density at radius 1 is 1.06 bits per heavy atom. The van der Waals surface area contributed by atoms with E-state index in [9.17, 15) is 0 Å². The molecule has 0 aromatic rings. The summed E-state index contributed by atoms with van der Waals surface area (Å²) in [4.78, 5) is 2.47. The quantitative estimate of drug-likeness (QED) is 0.735. The molecular formula is C15H34N2. The molecule has 0 aromatic heterocycles. The predicted molar refractivity (Wildman–Crippen MR) is 78.5 cm³/mol. The van der Waals surface area contributed by atoms with Crippen LogP contribution in [0.25, 0.3) is 0 Å². The maximum atomic E-state index is 3.68. The summed E-state index contributed by atoms with van der Waals surface area (Å²) in [5.41, 5.74) is 0.623. The Labute approximate surface area is 109 Å². The fourth-order valence-corrected chi connectivity index (χ4v) is 1.94. The molecule has 2 nitrogen and oxygen atoms in total. The zero-order valence-corrected chi connectivity index (χ0v) is 13.4. The molecule has 0 radical (unpaired) electrons. The molecule has 104 valence electrons. The average Bonchev–Trinajstić information content (AvgIpc) is 2.22. The number of nitrogens with one attached hydrogen (secondary N) is 1. The molecule has 0 unspecified atom stereocenters. The van der Waals surface area contributed by atoms with Gasteiger partial charge in [-0.1, -0.05) is 13.8 Å². The second kappa shape index (κ2) is 6.75. The summed E-state index contributed by atoms with van der Waals surface area (Å²) in [5.74, 6) is 0. The Bertz CT molecular complexity index is 199. The van der Waals surface area contributed by atoms with Crippen LogP contribution in [-0.4, -0.2) is 36.6 Å². The van der Waals surface area contributed by atoms with Crippen molar-refractivity contribution in [3.63, 3.8) is 0 Å². The van der Waals surface area contributed by atoms with E-state index in [1.54, 1.807) is 0 Å². The summed E-state index contributed by atoms with van der Waals surface area (Å²) in [5, 5.41) is 3.68. The van der Waals surface area contributed by atoms with E-state index in [1.165, 1.54) is 19.4 Å². The molecule has 0 saturated heterocycles. The van der Waals surface area contributed by atoms with Gasteiger partial charge in [0, 0.05) is 24.7 Å². The molecular weight excluding hydrogens is 208 g/mol. The molecule has 0 aliphatic heterocycles. The molecule has 0 spiro atoms. The van der Waals surface area contributed by atoms with Gasteiger partial charge >= 0.3 is 0 Å². The molecule has 0 aliphatic carbocycles. The highest BCUT2D eigenvalue weighted by atomic mass is 15.1. The first-order valence-electron chi connectivity index (χ1n) is 7.11. The Balaban J connectivity index is 4.55. The first kappa shape index (κ1) is 16.9. The molecule has 2 heteroatoms. The van der Waals surface area contributed by atoms with Crippen LogP contribution in [0.2, 0.25) is 0 Å². The molecule has 0 rings (SSSR count). The summed E-state index contributed by atoms with van der Waals surface area (Å²) < 4.78 is 0. The monoisotopic (exact) mass is 242 g/mol. The van der Waals surface area contributed by atoms with E-state index in [0.717, 1.165) is 6.54 Å². The van der Waals surface area contributed by atoms with Crippen LogP contribution < -0.4 is 5.32 Å². The highest BCUT2D eigenvalue weighted by Gasteiger charge is 2.29. The number of hydrogen-bond acceptors (Lipinski definition) is 2. The van der Waals surface area contributed by atoms with Gasteiger partial charge in [0.25, 0.3) is 0 Å². The number of rotatable bonds is 7. The first-order chi connectivity index (χ1) is 7.66. The minimum absolute atomic E-state index is 0.214. The molecule has 0 bridgehead atoms. The zero-order chi connectivity index (χ0) is 13.7. The van der Waals surface area contributed by atoms with Gasteiger partial charge in [-0.25, -0.2) is 0 Å². The van der Waals surface area contributed by atoms with Crippen molar-refractivity contribution in [2.75, 3.05) is 20.1 Å². The Morgan fingerprint density at radius 2 is 1.53 bits per heavy atom. The van der Waals surface area contributed by atoms with Gasteiger partial charge in [-0.3, -0.25) is 0 Å². The topological polar surface area (TPSA) is 15.3 Å². The minimum Gasteiger partial charge on any atom is -0.311 e. The average molecular weight is 242 g/mol. The summed E-state index contributed by atoms with van der Waals surface area (Å²) in [6.45, 7) is 18.2. The van der Waals surface area contributed by atoms with Crippen molar-refractivity contribution in [1.29, 1.82) is 0 Å². The smallest absolute Gasteiger partial charge is 0.00967 e. The van der Waals surface area contributed by atoms with Crippen LogP contribution in [0, 0.1) is 5.41 Å². The van der Waals surface area contributed by atoms with Crippen molar-refractivity contribution in [3.05, 3.63) is 0 Å². The molecule has 0 fully saturated rings. The normalized spacial score (nSPS) is 13.8. The minimum atomic E-state index is 0.214. The number of hydrogen-bond donors (Lipinski definition) is 1. The van der Waals surface area contributed by atoms with Crippen LogP contribution in [0.5, 0.6) is 0 Å². The van der Waals surface area contributed by atoms with E-state index in [4.69, 9.17) is 0 Å². The van der Waals surface area contributed by atoms with E-state index in [-0.39, 0.29) is 5.54 Å². The maximum Gasteiger partial charge on any atom is 0.00967 e. The molecule has 17 heavy (non-hydrogen) atoms. The second-order valence-corrected chi connectivity index (χ2v) is 6.82. The van der Waals surface area contributed by atoms with Gasteiger partial charge in [0.2, 0.25) is 0 Å². The van der Waals surface area contributed by atoms with Gasteiger partial charge in [0.1, 0.15) is 0 Å². The second-order valence-electron chi connectivity index (χ2n) is 6.82. The van der Waals surface area contributed by atoms with E-state index in [2.05, 4.69) is 65.7 Å². The van der Waals surface area contributed by atoms with Gasteiger partial charge in [0.05, 0.1) is 0 Å². The van der Waals surface area contributed by atoms with Gasteiger partial charge in [-0.05, 0) is 59.9 Å². The van der Waals surface area contributed by atoms with Crippen molar-refractivity contribution in [2.24, 2.45) is 5.41 Å². The molecule has 0 aliphatic rings. The van der Waals surface area contributed by atoms with Crippen LogP contribution in [-0.2, 0) is 0 Å². The molecule has 0 aromatic carbocycles. The van der Waals surface area contributed by atoms with E-state index in [1.807, 2.05) is 0 Å². The third kappa shape index (κ3) is 6.42. The first-order valence-corrected chi connectivity index (χ1v) is 7.11. The highest BCUT2D eigenvalue weighted by Crippen LogP contribution is 2.27. The molecule has 0 heterocycles. The lowest BCUT2D eigenvalue weighted by molar-refractivity contribution is 0.125. The summed E-state index contributed by atoms with van der Waals surface area (Å²) in [6.07, 6.45) is 2.48. The fraction of sp³-hybridized carbons (Fsp3) is 1.00. The van der Waals surface area contributed by atoms with Gasteiger partial charge in [0.15, 0.2) is 0 Å². The van der Waals surface area contributed by atoms with Crippen molar-refractivity contribution < 1.29 is 0 Å². The van der Waals surface area contributed by atoms with Crippen molar-refractivity contribution in [3.8, 4) is 0 Å². The van der Waals surface area contributed by atoms with E-state index >= 15 is 0 Å². The van der Waals surface area contributed by atoms with E-state index in [0.29, 0.717) is 11.5 Å².